The minimum absolute atomic E-state index is 0.0309. The van der Waals surface area contributed by atoms with E-state index in [0.29, 0.717) is 12.5 Å². The van der Waals surface area contributed by atoms with Crippen molar-refractivity contribution in [3.63, 3.8) is 0 Å². The first-order valence-electron chi connectivity index (χ1n) is 1.75. The minimum Gasteiger partial charge on any atom is -0.515 e. The molecule has 0 unspecified atom stereocenters. The molecule has 0 heterocycles. The van der Waals surface area contributed by atoms with E-state index in [-0.39, 0.29) is 9.77 Å². The molecule has 0 amide bonds. The molecule has 0 rings (SSSR count). The minimum atomic E-state index is 0.0309. The number of aldehydes is 1. The van der Waals surface area contributed by atoms with Crippen LogP contribution in [0.2, 0.25) is 0 Å². The second-order valence-corrected chi connectivity index (χ2v) is 2.17. The molecule has 0 spiro atoms. The Labute approximate surface area is 57.6 Å². The molecule has 0 bridgehead atoms. The molecule has 0 aliphatic heterocycles. The van der Waals surface area contributed by atoms with Crippen molar-refractivity contribution in [2.45, 2.75) is 0 Å². The summed E-state index contributed by atoms with van der Waals surface area (Å²) in [5.74, 6) is 0. The first-order valence-corrected chi connectivity index (χ1v) is 2.60. The van der Waals surface area contributed by atoms with Gasteiger partial charge in [0.25, 0.3) is 0 Å². The Morgan fingerprint density at radius 2 is 2.25 bits per heavy atom. The van der Waals surface area contributed by atoms with Crippen LogP contribution < -0.4 is 0 Å². The van der Waals surface area contributed by atoms with Crippen molar-refractivity contribution >= 4 is 35.3 Å². The Balaban J connectivity index is 4.13. The highest BCUT2D eigenvalue weighted by Gasteiger charge is 1.95. The van der Waals surface area contributed by atoms with Crippen LogP contribution in [0.5, 0.6) is 0 Å². The molecule has 44 valence electrons. The van der Waals surface area contributed by atoms with Gasteiger partial charge in [-0.1, -0.05) is 12.2 Å². The van der Waals surface area contributed by atoms with E-state index in [4.69, 9.17) is 5.11 Å². The van der Waals surface area contributed by atoms with E-state index >= 15 is 0 Å². The second kappa shape index (κ2) is 3.63. The van der Waals surface area contributed by atoms with Gasteiger partial charge in [-0.25, -0.2) is 0 Å². The highest BCUT2D eigenvalue weighted by molar-refractivity contribution is 8.12. The summed E-state index contributed by atoms with van der Waals surface area (Å²) in [6.07, 6.45) is 1.07. The monoisotopic (exact) mass is 148 g/mol. The molecule has 0 saturated heterocycles. The molecule has 0 aromatic carbocycles. The quantitative estimate of drug-likeness (QED) is 0.201. The molecule has 0 atom stereocenters. The molecule has 8 heavy (non-hydrogen) atoms. The summed E-state index contributed by atoms with van der Waals surface area (Å²) < 4.78 is 0.0995. The fourth-order valence-corrected chi connectivity index (χ4v) is 0.347. The average molecular weight is 148 g/mol. The van der Waals surface area contributed by atoms with Gasteiger partial charge >= 0.3 is 0 Å². The van der Waals surface area contributed by atoms with Crippen LogP contribution in [0.25, 0.3) is 0 Å². The number of hydrogen-bond donors (Lipinski definition) is 2. The number of rotatable bonds is 2. The Kier molecular flexibility index (Phi) is 3.47. The van der Waals surface area contributed by atoms with Crippen LogP contribution in [-0.4, -0.2) is 15.6 Å². The Morgan fingerprint density at radius 1 is 1.75 bits per heavy atom. The molecule has 0 saturated carbocycles. The summed E-state index contributed by atoms with van der Waals surface area (Å²) in [5.41, 5.74) is 0.0309. The highest BCUT2D eigenvalue weighted by atomic mass is 32.1. The van der Waals surface area contributed by atoms with E-state index < -0.39 is 0 Å². The summed E-state index contributed by atoms with van der Waals surface area (Å²) in [4.78, 5) is 9.81. The second-order valence-electron chi connectivity index (χ2n) is 1.01. The number of aliphatic hydroxyl groups excluding tert-OH is 1. The number of aliphatic hydroxyl groups is 1. The van der Waals surface area contributed by atoms with Crippen LogP contribution in [-0.2, 0) is 4.79 Å². The van der Waals surface area contributed by atoms with Crippen molar-refractivity contribution in [1.29, 1.82) is 0 Å². The Hall–Kier alpha value is -0.350. The molecule has 2 nitrogen and oxygen atoms in total. The molecule has 4 heteroatoms. The average Bonchev–Trinajstić information content (AvgIpc) is 1.69. The van der Waals surface area contributed by atoms with Crippen molar-refractivity contribution in [3.05, 3.63) is 11.8 Å². The van der Waals surface area contributed by atoms with Gasteiger partial charge in [-0.3, -0.25) is 4.79 Å². The first-order chi connectivity index (χ1) is 3.72. The summed E-state index contributed by atoms with van der Waals surface area (Å²) in [5, 5.41) is 8.17. The van der Waals surface area contributed by atoms with Gasteiger partial charge in [0.2, 0.25) is 0 Å². The van der Waals surface area contributed by atoms with Crippen molar-refractivity contribution in [1.82, 2.24) is 0 Å². The van der Waals surface area contributed by atoms with Gasteiger partial charge in [0.1, 0.15) is 0 Å². The van der Waals surface area contributed by atoms with Crippen LogP contribution in [0.4, 0.5) is 0 Å². The standard InChI is InChI=1S/C4H4O2S2/c5-1-3(2-6)4(7)8/h1-2,5H,(H,7,8)/b3-1-. The molecule has 0 aromatic heterocycles. The normalized spacial score (nSPS) is 10.9. The highest BCUT2D eigenvalue weighted by Crippen LogP contribution is 1.96. The number of thiol groups is 1. The number of thiocarbonyl (C=S) groups is 1. The van der Waals surface area contributed by atoms with Crippen molar-refractivity contribution in [2.75, 3.05) is 0 Å². The zero-order valence-electron chi connectivity index (χ0n) is 3.87. The molecular weight excluding hydrogens is 144 g/mol. The third-order valence-corrected chi connectivity index (χ3v) is 1.01. The molecule has 0 fully saturated rings. The molecule has 0 radical (unpaired) electrons. The summed E-state index contributed by atoms with van der Waals surface area (Å²) >= 11 is 8.05. The lowest BCUT2D eigenvalue weighted by atomic mass is 10.4. The maximum absolute atomic E-state index is 9.81. The lowest BCUT2D eigenvalue weighted by Gasteiger charge is -1.86. The van der Waals surface area contributed by atoms with E-state index in [2.05, 4.69) is 24.8 Å². The Morgan fingerprint density at radius 3 is 2.25 bits per heavy atom. The third kappa shape index (κ3) is 2.09. The summed E-state index contributed by atoms with van der Waals surface area (Å²) in [7, 11) is 0. The van der Waals surface area contributed by atoms with Crippen LogP contribution in [0.15, 0.2) is 11.8 Å². The fraction of sp³-hybridized carbons (Fsp3) is 0. The zero-order chi connectivity index (χ0) is 6.57. The van der Waals surface area contributed by atoms with Gasteiger partial charge in [0.05, 0.1) is 16.0 Å². The number of hydrogen-bond acceptors (Lipinski definition) is 3. The summed E-state index contributed by atoms with van der Waals surface area (Å²) in [6.45, 7) is 0. The van der Waals surface area contributed by atoms with Gasteiger partial charge in [0.15, 0.2) is 6.29 Å². The van der Waals surface area contributed by atoms with Crippen LogP contribution in [0.1, 0.15) is 0 Å². The lowest BCUT2D eigenvalue weighted by molar-refractivity contribution is -0.104. The maximum Gasteiger partial charge on any atom is 0.155 e. The van der Waals surface area contributed by atoms with Crippen LogP contribution >= 0.6 is 24.8 Å². The Bertz CT molecular complexity index is 139. The predicted molar refractivity (Wildman–Crippen MR) is 38.4 cm³/mol. The smallest absolute Gasteiger partial charge is 0.155 e. The van der Waals surface area contributed by atoms with Gasteiger partial charge < -0.3 is 5.11 Å². The van der Waals surface area contributed by atoms with E-state index in [9.17, 15) is 4.79 Å². The fourth-order valence-electron chi connectivity index (χ4n) is 0.136. The van der Waals surface area contributed by atoms with E-state index in [1.807, 2.05) is 0 Å². The van der Waals surface area contributed by atoms with Gasteiger partial charge in [0, 0.05) is 0 Å². The van der Waals surface area contributed by atoms with Crippen molar-refractivity contribution in [2.24, 2.45) is 0 Å². The first kappa shape index (κ1) is 7.65. The maximum atomic E-state index is 9.81. The third-order valence-electron chi connectivity index (χ3n) is 0.513. The lowest BCUT2D eigenvalue weighted by Crippen LogP contribution is -1.90. The van der Waals surface area contributed by atoms with E-state index in [1.54, 1.807) is 0 Å². The van der Waals surface area contributed by atoms with Crippen LogP contribution in [0.3, 0.4) is 0 Å². The number of carbonyl (C=O) groups is 1. The predicted octanol–water partition coefficient (Wildman–Crippen LogP) is 0.884. The topological polar surface area (TPSA) is 37.3 Å². The van der Waals surface area contributed by atoms with E-state index in [1.165, 1.54) is 0 Å². The van der Waals surface area contributed by atoms with Crippen molar-refractivity contribution in [3.8, 4) is 0 Å². The van der Waals surface area contributed by atoms with Gasteiger partial charge in [-0.05, 0) is 0 Å². The van der Waals surface area contributed by atoms with Crippen LogP contribution in [0, 0.1) is 0 Å². The van der Waals surface area contributed by atoms with Gasteiger partial charge in [-0.2, -0.15) is 0 Å². The van der Waals surface area contributed by atoms with Crippen molar-refractivity contribution < 1.29 is 9.90 Å². The molecule has 1 N–H and O–H groups in total. The summed E-state index contributed by atoms with van der Waals surface area (Å²) in [6, 6.07) is 0. The van der Waals surface area contributed by atoms with Gasteiger partial charge in [-0.15, -0.1) is 12.6 Å². The molecule has 0 aliphatic rings. The largest absolute Gasteiger partial charge is 0.515 e. The number of carbonyl (C=O) groups excluding carboxylic acids is 1. The SMILES string of the molecule is O=C/C(=C/O)C(=S)S. The molecule has 0 aromatic rings. The molecule has 0 aliphatic carbocycles. The zero-order valence-corrected chi connectivity index (χ0v) is 5.58. The van der Waals surface area contributed by atoms with E-state index in [0.717, 1.165) is 0 Å². The molecular formula is C4H4O2S2.